The quantitative estimate of drug-likeness (QED) is 0.859. The van der Waals surface area contributed by atoms with Crippen molar-refractivity contribution in [2.75, 3.05) is 4.90 Å². The van der Waals surface area contributed by atoms with Crippen LogP contribution in [0.5, 0.6) is 0 Å². The summed E-state index contributed by atoms with van der Waals surface area (Å²) < 4.78 is 4.16. The van der Waals surface area contributed by atoms with Crippen molar-refractivity contribution in [3.05, 3.63) is 24.4 Å². The second kappa shape index (κ2) is 4.83. The molecule has 130 valence electrons. The van der Waals surface area contributed by atoms with Crippen LogP contribution in [0, 0.1) is 11.8 Å². The predicted molar refractivity (Wildman–Crippen MR) is 92.0 cm³/mol. The van der Waals surface area contributed by atoms with Crippen LogP contribution in [0.2, 0.25) is 0 Å². The van der Waals surface area contributed by atoms with Crippen molar-refractivity contribution >= 4 is 11.8 Å². The Bertz CT molecular complexity index is 850. The fourth-order valence-electron chi connectivity index (χ4n) is 4.93. The third-order valence-corrected chi connectivity index (χ3v) is 6.43. The topological polar surface area (TPSA) is 76.2 Å². The number of anilines is 1. The molecule has 4 aliphatic rings. The number of imidazole rings is 1. The van der Waals surface area contributed by atoms with Gasteiger partial charge in [-0.05, 0) is 25.2 Å². The van der Waals surface area contributed by atoms with E-state index in [1.807, 2.05) is 23.4 Å². The third kappa shape index (κ3) is 1.88. The SMILES string of the molecule is CC1CC1c1cn(C2=NNC3C4CCCCC4n4cncc4N23)nn1. The van der Waals surface area contributed by atoms with E-state index >= 15 is 0 Å². The first-order valence-corrected chi connectivity index (χ1v) is 9.38. The van der Waals surface area contributed by atoms with Crippen molar-refractivity contribution < 1.29 is 0 Å². The van der Waals surface area contributed by atoms with Gasteiger partial charge in [0.1, 0.15) is 12.0 Å². The third-order valence-electron chi connectivity index (χ3n) is 6.43. The first-order valence-electron chi connectivity index (χ1n) is 9.38. The number of nitrogens with one attached hydrogen (secondary N) is 1. The van der Waals surface area contributed by atoms with Crippen LogP contribution in [0.25, 0.3) is 0 Å². The Morgan fingerprint density at radius 3 is 3.00 bits per heavy atom. The predicted octanol–water partition coefficient (Wildman–Crippen LogP) is 1.90. The maximum atomic E-state index is 4.64. The molecule has 1 N–H and O–H groups in total. The summed E-state index contributed by atoms with van der Waals surface area (Å²) in [6.07, 6.45) is 12.4. The number of nitrogens with zero attached hydrogens (tertiary/aromatic N) is 7. The van der Waals surface area contributed by atoms with E-state index in [0.717, 1.165) is 23.4 Å². The van der Waals surface area contributed by atoms with E-state index in [-0.39, 0.29) is 6.17 Å². The fraction of sp³-hybridized carbons (Fsp3) is 0.647. The highest BCUT2D eigenvalue weighted by Gasteiger charge is 2.47. The Morgan fingerprint density at radius 1 is 1.24 bits per heavy atom. The van der Waals surface area contributed by atoms with E-state index in [2.05, 4.69) is 42.2 Å². The number of hydrogen-bond acceptors (Lipinski definition) is 6. The summed E-state index contributed by atoms with van der Waals surface area (Å²) in [5, 5.41) is 13.4. The largest absolute Gasteiger partial charge is 0.314 e. The van der Waals surface area contributed by atoms with Gasteiger partial charge < -0.3 is 4.57 Å². The Balaban J connectivity index is 1.39. The molecule has 2 saturated carbocycles. The van der Waals surface area contributed by atoms with Crippen molar-refractivity contribution in [3.8, 4) is 0 Å². The molecule has 0 amide bonds. The van der Waals surface area contributed by atoms with Crippen molar-refractivity contribution in [2.24, 2.45) is 16.9 Å². The summed E-state index contributed by atoms with van der Waals surface area (Å²) >= 11 is 0. The second-order valence-corrected chi connectivity index (χ2v) is 7.94. The summed E-state index contributed by atoms with van der Waals surface area (Å²) in [5.74, 6) is 3.75. The van der Waals surface area contributed by atoms with Crippen LogP contribution < -0.4 is 10.3 Å². The summed E-state index contributed by atoms with van der Waals surface area (Å²) in [7, 11) is 0. The number of fused-ring (bicyclic) bond motifs is 6. The fourth-order valence-corrected chi connectivity index (χ4v) is 4.93. The van der Waals surface area contributed by atoms with Gasteiger partial charge in [0.2, 0.25) is 0 Å². The lowest BCUT2D eigenvalue weighted by molar-refractivity contribution is 0.175. The summed E-state index contributed by atoms with van der Waals surface area (Å²) in [5.41, 5.74) is 4.47. The number of rotatable bonds is 1. The Morgan fingerprint density at radius 2 is 2.12 bits per heavy atom. The molecule has 0 radical (unpaired) electrons. The molecule has 2 aromatic rings. The highest BCUT2D eigenvalue weighted by atomic mass is 15.6. The summed E-state index contributed by atoms with van der Waals surface area (Å²) in [6, 6.07) is 0.521. The van der Waals surface area contributed by atoms with Gasteiger partial charge in [0.05, 0.1) is 24.4 Å². The normalized spacial score (nSPS) is 35.5. The van der Waals surface area contributed by atoms with Crippen molar-refractivity contribution in [1.82, 2.24) is 30.0 Å². The minimum absolute atomic E-state index is 0.192. The molecule has 0 saturated heterocycles. The summed E-state index contributed by atoms with van der Waals surface area (Å²) in [4.78, 5) is 6.69. The van der Waals surface area contributed by atoms with E-state index < -0.39 is 0 Å². The Kier molecular flexibility index (Phi) is 2.68. The lowest BCUT2D eigenvalue weighted by Gasteiger charge is -2.45. The molecule has 2 aliphatic carbocycles. The van der Waals surface area contributed by atoms with Crippen LogP contribution in [0.3, 0.4) is 0 Å². The number of aromatic nitrogens is 5. The molecule has 2 fully saturated rings. The molecule has 2 aromatic heterocycles. The van der Waals surface area contributed by atoms with Crippen LogP contribution in [0.1, 0.15) is 56.7 Å². The molecule has 8 nitrogen and oxygen atoms in total. The van der Waals surface area contributed by atoms with Gasteiger partial charge in [0, 0.05) is 17.9 Å². The minimum atomic E-state index is 0.192. The number of hydrazone groups is 1. The van der Waals surface area contributed by atoms with Gasteiger partial charge in [-0.15, -0.1) is 10.2 Å². The highest BCUT2D eigenvalue weighted by molar-refractivity contribution is 5.98. The average molecular weight is 338 g/mol. The van der Waals surface area contributed by atoms with Gasteiger partial charge in [-0.25, -0.2) is 4.98 Å². The van der Waals surface area contributed by atoms with Crippen molar-refractivity contribution in [1.29, 1.82) is 0 Å². The van der Waals surface area contributed by atoms with Gasteiger partial charge >= 0.3 is 0 Å². The molecule has 8 heteroatoms. The molecule has 2 aliphatic heterocycles. The van der Waals surface area contributed by atoms with Gasteiger partial charge in [-0.1, -0.05) is 25.0 Å². The molecule has 5 atom stereocenters. The molecule has 0 aromatic carbocycles. The monoisotopic (exact) mass is 338 g/mol. The smallest absolute Gasteiger partial charge is 0.252 e. The minimum Gasteiger partial charge on any atom is -0.314 e. The summed E-state index contributed by atoms with van der Waals surface area (Å²) in [6.45, 7) is 2.26. The highest BCUT2D eigenvalue weighted by Crippen LogP contribution is 2.47. The zero-order chi connectivity index (χ0) is 16.5. The van der Waals surface area contributed by atoms with Crippen molar-refractivity contribution in [3.63, 3.8) is 0 Å². The van der Waals surface area contributed by atoms with E-state index in [9.17, 15) is 0 Å². The van der Waals surface area contributed by atoms with Gasteiger partial charge in [0.25, 0.3) is 5.96 Å². The zero-order valence-corrected chi connectivity index (χ0v) is 14.3. The van der Waals surface area contributed by atoms with E-state index in [1.165, 1.54) is 32.1 Å². The van der Waals surface area contributed by atoms with Crippen LogP contribution >= 0.6 is 0 Å². The van der Waals surface area contributed by atoms with E-state index in [0.29, 0.717) is 17.9 Å². The second-order valence-electron chi connectivity index (χ2n) is 7.94. The van der Waals surface area contributed by atoms with Gasteiger partial charge in [-0.2, -0.15) is 4.68 Å². The molecular weight excluding hydrogens is 316 g/mol. The van der Waals surface area contributed by atoms with Crippen LogP contribution in [0.15, 0.2) is 23.8 Å². The Labute approximate surface area is 145 Å². The zero-order valence-electron chi connectivity index (χ0n) is 14.3. The van der Waals surface area contributed by atoms with Crippen LogP contribution in [-0.4, -0.2) is 36.7 Å². The molecule has 0 bridgehead atoms. The van der Waals surface area contributed by atoms with E-state index in [4.69, 9.17) is 0 Å². The first-order chi connectivity index (χ1) is 12.3. The van der Waals surface area contributed by atoms with Gasteiger partial charge in [0.15, 0.2) is 0 Å². The van der Waals surface area contributed by atoms with Crippen LogP contribution in [0.4, 0.5) is 5.82 Å². The van der Waals surface area contributed by atoms with Crippen LogP contribution in [-0.2, 0) is 0 Å². The maximum Gasteiger partial charge on any atom is 0.252 e. The average Bonchev–Trinajstić information content (AvgIpc) is 3.12. The first kappa shape index (κ1) is 13.9. The standard InChI is InChI=1S/C17H22N8/c1-10-6-12(10)13-8-24(22-19-13)17-21-20-16-11-4-2-3-5-14(11)23-9-18-7-15(23)25(16)17/h7-12,14,16,20H,2-6H2,1H3. The van der Waals surface area contributed by atoms with Gasteiger partial charge in [-0.3, -0.25) is 10.3 Å². The van der Waals surface area contributed by atoms with Crippen molar-refractivity contribution in [2.45, 2.75) is 57.2 Å². The Hall–Kier alpha value is -2.38. The number of hydrogen-bond donors (Lipinski definition) is 1. The van der Waals surface area contributed by atoms with E-state index in [1.54, 1.807) is 0 Å². The molecule has 6 rings (SSSR count). The lowest BCUT2D eigenvalue weighted by atomic mass is 9.80. The molecule has 0 spiro atoms. The molecule has 25 heavy (non-hydrogen) atoms. The molecule has 5 unspecified atom stereocenters. The molecular formula is C17H22N8. The molecule has 4 heterocycles. The maximum absolute atomic E-state index is 4.64. The lowest BCUT2D eigenvalue weighted by Crippen LogP contribution is -2.54.